The van der Waals surface area contributed by atoms with Crippen LogP contribution in [0.1, 0.15) is 80.9 Å². The number of rotatable bonds is 11. The van der Waals surface area contributed by atoms with Crippen LogP contribution in [-0.2, 0) is 30.4 Å². The highest BCUT2D eigenvalue weighted by atomic mass is 16.5. The van der Waals surface area contributed by atoms with Crippen LogP contribution in [0.2, 0.25) is 0 Å². The number of ether oxygens (including phenoxy) is 4. The fourth-order valence-corrected chi connectivity index (χ4v) is 9.42. The summed E-state index contributed by atoms with van der Waals surface area (Å²) in [5, 5.41) is 7.39. The van der Waals surface area contributed by atoms with Gasteiger partial charge in [-0.05, 0) is 77.6 Å². The number of hydrogen-bond acceptors (Lipinski definition) is 10. The number of hydrogen-bond donors (Lipinski definition) is 4. The van der Waals surface area contributed by atoms with Gasteiger partial charge in [-0.3, -0.25) is 9.59 Å². The maximum Gasteiger partial charge on any atom is 0.407 e. The summed E-state index contributed by atoms with van der Waals surface area (Å²) in [7, 11) is 2.56. The molecule has 16 nitrogen and oxygen atoms in total. The van der Waals surface area contributed by atoms with E-state index in [4.69, 9.17) is 28.9 Å². The Hall–Kier alpha value is -6.94. The van der Waals surface area contributed by atoms with E-state index in [0.29, 0.717) is 49.9 Å². The molecule has 0 aliphatic carbocycles. The van der Waals surface area contributed by atoms with E-state index in [9.17, 15) is 19.2 Å². The first-order valence-electron chi connectivity index (χ1n) is 21.8. The first-order chi connectivity index (χ1) is 31.0. The zero-order valence-electron chi connectivity index (χ0n) is 36.5. The van der Waals surface area contributed by atoms with E-state index < -0.39 is 30.3 Å². The fourth-order valence-electron chi connectivity index (χ4n) is 9.42. The van der Waals surface area contributed by atoms with E-state index in [-0.39, 0.29) is 29.9 Å². The molecule has 0 spiro atoms. The second-order valence-electron chi connectivity index (χ2n) is 16.8. The maximum absolute atomic E-state index is 14.1. The van der Waals surface area contributed by atoms with Gasteiger partial charge >= 0.3 is 12.2 Å². The van der Waals surface area contributed by atoms with Gasteiger partial charge in [0, 0.05) is 37.1 Å². The van der Waals surface area contributed by atoms with Crippen molar-refractivity contribution in [3.63, 3.8) is 0 Å². The lowest BCUT2D eigenvalue weighted by Crippen LogP contribution is -2.51. The van der Waals surface area contributed by atoms with E-state index in [0.717, 1.165) is 68.3 Å². The van der Waals surface area contributed by atoms with Crippen molar-refractivity contribution in [2.45, 2.75) is 76.9 Å². The van der Waals surface area contributed by atoms with Gasteiger partial charge < -0.3 is 49.3 Å². The summed E-state index contributed by atoms with van der Waals surface area (Å²) in [6.45, 7) is 7.50. The van der Waals surface area contributed by atoms with E-state index in [2.05, 4.69) is 57.0 Å². The van der Waals surface area contributed by atoms with E-state index >= 15 is 0 Å². The Morgan fingerprint density at radius 1 is 0.875 bits per heavy atom. The third-order valence-corrected chi connectivity index (χ3v) is 12.6. The third kappa shape index (κ3) is 7.97. The molecule has 3 aliphatic rings. The van der Waals surface area contributed by atoms with Gasteiger partial charge in [0.2, 0.25) is 5.91 Å². The van der Waals surface area contributed by atoms with Crippen LogP contribution in [0.25, 0.3) is 44.2 Å². The molecule has 2 saturated heterocycles. The quantitative estimate of drug-likeness (QED) is 0.101. The zero-order chi connectivity index (χ0) is 44.6. The van der Waals surface area contributed by atoms with Crippen molar-refractivity contribution in [3.8, 4) is 28.1 Å². The Bertz CT molecular complexity index is 2730. The van der Waals surface area contributed by atoms with Crippen molar-refractivity contribution in [2.75, 3.05) is 33.9 Å². The molecule has 2 aromatic heterocycles. The van der Waals surface area contributed by atoms with Crippen LogP contribution in [-0.4, -0.2) is 99.8 Å². The Morgan fingerprint density at radius 2 is 1.67 bits per heavy atom. The molecule has 16 heteroatoms. The molecular formula is C48H52N8O8. The molecule has 0 bridgehead atoms. The molecule has 9 rings (SSSR count). The van der Waals surface area contributed by atoms with Crippen LogP contribution in [0.3, 0.4) is 0 Å². The lowest BCUT2D eigenvalue weighted by Gasteiger charge is -2.29. The number of nitrogens with one attached hydrogen (secondary N) is 4. The first kappa shape index (κ1) is 42.4. The molecule has 4 N–H and O–H groups in total. The molecule has 0 saturated carbocycles. The number of H-pyrrole nitrogens is 2. The maximum atomic E-state index is 14.1. The summed E-state index contributed by atoms with van der Waals surface area (Å²) in [6, 6.07) is 21.3. The first-order valence-corrected chi connectivity index (χ1v) is 21.8. The van der Waals surface area contributed by atoms with Gasteiger partial charge in [-0.25, -0.2) is 19.6 Å². The molecule has 3 aliphatic heterocycles. The number of aromatic amines is 2. The predicted molar refractivity (Wildman–Crippen MR) is 238 cm³/mol. The van der Waals surface area contributed by atoms with Crippen molar-refractivity contribution in [3.05, 3.63) is 102 Å². The Kier molecular flexibility index (Phi) is 11.7. The summed E-state index contributed by atoms with van der Waals surface area (Å²) < 4.78 is 22.1. The summed E-state index contributed by atoms with van der Waals surface area (Å²) in [6.07, 6.45) is 2.37. The number of fused-ring (bicyclic) bond motifs is 6. The largest absolute Gasteiger partial charge is 0.488 e. The van der Waals surface area contributed by atoms with Gasteiger partial charge in [-0.15, -0.1) is 0 Å². The van der Waals surface area contributed by atoms with Crippen molar-refractivity contribution in [1.82, 2.24) is 40.4 Å². The molecule has 0 radical (unpaired) electrons. The third-order valence-electron chi connectivity index (χ3n) is 12.6. The minimum atomic E-state index is -0.900. The van der Waals surface area contributed by atoms with Gasteiger partial charge in [-0.1, -0.05) is 62.4 Å². The van der Waals surface area contributed by atoms with Crippen LogP contribution in [0, 0.1) is 5.92 Å². The van der Waals surface area contributed by atoms with Gasteiger partial charge in [0.05, 0.1) is 55.3 Å². The molecule has 6 aromatic rings. The second-order valence-corrected chi connectivity index (χ2v) is 16.8. The van der Waals surface area contributed by atoms with Gasteiger partial charge in [-0.2, -0.15) is 0 Å². The standard InChI is InChI=1S/C48H52N8O8/c1-6-63-31-21-38(56(24-31)45(57)40(26(2)3)53-47(59)61-4)44-50-35-17-15-28-20-34-32-16-14-29(19-30(32)25-64-39(34)22-33(28)42(35)52-44)36-23-49-43(51-36)37-13-10-18-55(37)46(58)41(54-48(60)62-5)27-11-8-7-9-12-27/h7-9,11-12,14-17,19-20,22-23,26,31,37-38,40-41H,6,10,13,18,21,24-25H2,1-5H3,(H,49,51)(H,50,52)(H,53,59)(H,54,60)/t31-,37-,38-,40?,41+/m0/s1. The number of methoxy groups -OCH3 is 2. The SMILES string of the molecule is CCO[C@H]1C[C@@H](c2nc3ccc4cc5c(cc4c3[nH]2)OCc2cc(-c3cnc([C@@H]4CCCN4C(=O)[C@H](NC(=O)OC)c4ccccc4)[nH]3)ccc2-5)N(C(=O)C(NC(=O)OC)C(C)C)C1. The number of imidazole rings is 2. The van der Waals surface area contributed by atoms with Crippen LogP contribution >= 0.6 is 0 Å². The van der Waals surface area contributed by atoms with Gasteiger partial charge in [0.1, 0.15) is 36.1 Å². The second kappa shape index (κ2) is 17.7. The molecule has 332 valence electrons. The zero-order valence-corrected chi connectivity index (χ0v) is 36.5. The molecule has 64 heavy (non-hydrogen) atoms. The summed E-state index contributed by atoms with van der Waals surface area (Å²) in [5.74, 6) is 1.47. The number of nitrogens with zero attached hydrogens (tertiary/aromatic N) is 4. The Balaban J connectivity index is 0.966. The lowest BCUT2D eigenvalue weighted by molar-refractivity contribution is -0.136. The summed E-state index contributed by atoms with van der Waals surface area (Å²) in [5.41, 5.74) is 7.10. The number of benzene rings is 4. The highest BCUT2D eigenvalue weighted by molar-refractivity contribution is 6.07. The molecule has 2 fully saturated rings. The normalized spacial score (nSPS) is 18.9. The number of likely N-dealkylation sites (tertiary alicyclic amines) is 2. The monoisotopic (exact) mass is 868 g/mol. The molecule has 5 heterocycles. The van der Waals surface area contributed by atoms with Crippen molar-refractivity contribution in [1.29, 1.82) is 0 Å². The van der Waals surface area contributed by atoms with Gasteiger partial charge in [0.25, 0.3) is 5.91 Å². The molecule has 5 atom stereocenters. The molecule has 4 aromatic carbocycles. The number of carbonyl (C=O) groups excluding carboxylic acids is 4. The highest BCUT2D eigenvalue weighted by Crippen LogP contribution is 2.44. The molecule has 4 amide bonds. The minimum absolute atomic E-state index is 0.176. The Labute approximate surface area is 370 Å². The fraction of sp³-hybridized carbons (Fsp3) is 0.375. The summed E-state index contributed by atoms with van der Waals surface area (Å²) in [4.78, 5) is 73.0. The molecule has 1 unspecified atom stereocenters. The number of carbonyl (C=O) groups is 4. The van der Waals surface area contributed by atoms with Crippen molar-refractivity contribution in [2.24, 2.45) is 5.92 Å². The molecular weight excluding hydrogens is 817 g/mol. The average Bonchev–Trinajstić information content (AvgIpc) is 4.15. The smallest absolute Gasteiger partial charge is 0.407 e. The average molecular weight is 869 g/mol. The Morgan fingerprint density at radius 3 is 2.44 bits per heavy atom. The van der Waals surface area contributed by atoms with E-state index in [1.807, 2.05) is 57.2 Å². The van der Waals surface area contributed by atoms with Crippen molar-refractivity contribution < 1.29 is 38.1 Å². The lowest BCUT2D eigenvalue weighted by atomic mass is 9.92. The van der Waals surface area contributed by atoms with E-state index in [1.54, 1.807) is 16.0 Å². The number of amides is 4. The van der Waals surface area contributed by atoms with Gasteiger partial charge in [0.15, 0.2) is 0 Å². The van der Waals surface area contributed by atoms with E-state index in [1.165, 1.54) is 14.2 Å². The van der Waals surface area contributed by atoms with Crippen molar-refractivity contribution >= 4 is 45.8 Å². The minimum Gasteiger partial charge on any atom is -0.488 e. The van der Waals surface area contributed by atoms with Crippen LogP contribution < -0.4 is 15.4 Å². The predicted octanol–water partition coefficient (Wildman–Crippen LogP) is 7.49. The van der Waals surface area contributed by atoms with Crippen LogP contribution in [0.4, 0.5) is 9.59 Å². The number of aromatic nitrogens is 4. The topological polar surface area (TPSA) is 193 Å². The van der Waals surface area contributed by atoms with Crippen LogP contribution in [0.15, 0.2) is 79.0 Å². The highest BCUT2D eigenvalue weighted by Gasteiger charge is 2.42. The summed E-state index contributed by atoms with van der Waals surface area (Å²) >= 11 is 0. The number of alkyl carbamates (subject to hydrolysis) is 2. The van der Waals surface area contributed by atoms with Crippen LogP contribution in [0.5, 0.6) is 5.75 Å².